The van der Waals surface area contributed by atoms with E-state index in [9.17, 15) is 18.0 Å². The lowest BCUT2D eigenvalue weighted by Gasteiger charge is -2.12. The number of aromatic nitrogens is 1. The second kappa shape index (κ2) is 7.09. The number of aryl methyl sites for hydroxylation is 1. The molecule has 0 aromatic carbocycles. The van der Waals surface area contributed by atoms with Gasteiger partial charge in [-0.15, -0.1) is 0 Å². The number of hydrogen-bond donors (Lipinski definition) is 2. The molecule has 0 radical (unpaired) electrons. The summed E-state index contributed by atoms with van der Waals surface area (Å²) in [6.45, 7) is 1.50. The van der Waals surface area contributed by atoms with Gasteiger partial charge in [-0.05, 0) is 11.6 Å². The van der Waals surface area contributed by atoms with Crippen LogP contribution in [0.1, 0.15) is 11.5 Å². The number of rotatable bonds is 1. The summed E-state index contributed by atoms with van der Waals surface area (Å²) in [6.07, 6.45) is -3.33. The van der Waals surface area contributed by atoms with Gasteiger partial charge in [0.05, 0.1) is 12.0 Å². The van der Waals surface area contributed by atoms with E-state index in [0.29, 0.717) is 0 Å². The van der Waals surface area contributed by atoms with Crippen LogP contribution in [-0.2, 0) is 11.8 Å². The number of nitriles is 1. The summed E-state index contributed by atoms with van der Waals surface area (Å²) in [5.41, 5.74) is 0.950. The summed E-state index contributed by atoms with van der Waals surface area (Å²) in [7, 11) is 1.72. The Bertz CT molecular complexity index is 634. The van der Waals surface area contributed by atoms with Crippen LogP contribution in [0.25, 0.3) is 0 Å². The Hall–Kier alpha value is -2.34. The summed E-state index contributed by atoms with van der Waals surface area (Å²) < 4.78 is 33.3. The van der Waals surface area contributed by atoms with Gasteiger partial charge in [-0.25, -0.2) is 4.79 Å². The molecule has 2 atom stereocenters. The van der Waals surface area contributed by atoms with Gasteiger partial charge in [-0.3, -0.25) is 4.79 Å². The summed E-state index contributed by atoms with van der Waals surface area (Å²) in [5, 5.41) is 19.2. The van der Waals surface area contributed by atoms with E-state index in [1.807, 2.05) is 6.07 Å². The SMILES string of the molecule is Cn1ccc(C2CNCC2C#N)cc1=O.O=C(O)C(F)(F)F. The molecule has 6 nitrogen and oxygen atoms in total. The third-order valence-corrected chi connectivity index (χ3v) is 3.18. The van der Waals surface area contributed by atoms with Crippen LogP contribution in [0.4, 0.5) is 13.2 Å². The van der Waals surface area contributed by atoms with Crippen LogP contribution in [0, 0.1) is 17.2 Å². The predicted octanol–water partition coefficient (Wildman–Crippen LogP) is 0.845. The molecule has 1 aromatic heterocycles. The van der Waals surface area contributed by atoms with Gasteiger partial charge in [0.2, 0.25) is 0 Å². The van der Waals surface area contributed by atoms with E-state index in [0.717, 1.165) is 18.7 Å². The second-order valence-electron chi connectivity index (χ2n) is 4.71. The quantitative estimate of drug-likeness (QED) is 0.800. The highest BCUT2D eigenvalue weighted by Gasteiger charge is 2.38. The molecule has 22 heavy (non-hydrogen) atoms. The number of alkyl halides is 3. The van der Waals surface area contributed by atoms with Crippen molar-refractivity contribution in [2.75, 3.05) is 13.1 Å². The first-order valence-electron chi connectivity index (χ1n) is 6.24. The number of nitrogens with one attached hydrogen (secondary N) is 1. The molecule has 2 heterocycles. The number of carboxylic acids is 1. The van der Waals surface area contributed by atoms with Crippen LogP contribution in [0.3, 0.4) is 0 Å². The number of nitrogens with zero attached hydrogens (tertiary/aromatic N) is 2. The fourth-order valence-electron chi connectivity index (χ4n) is 1.96. The summed E-state index contributed by atoms with van der Waals surface area (Å²) >= 11 is 0. The van der Waals surface area contributed by atoms with E-state index in [2.05, 4.69) is 11.4 Å². The molecule has 120 valence electrons. The van der Waals surface area contributed by atoms with E-state index < -0.39 is 12.1 Å². The van der Waals surface area contributed by atoms with Gasteiger partial charge >= 0.3 is 12.1 Å². The molecule has 1 aliphatic heterocycles. The smallest absolute Gasteiger partial charge is 0.475 e. The third-order valence-electron chi connectivity index (χ3n) is 3.18. The monoisotopic (exact) mass is 317 g/mol. The molecule has 9 heteroatoms. The Morgan fingerprint density at radius 2 is 2.09 bits per heavy atom. The standard InChI is InChI=1S/C11H13N3O.C2HF3O2/c1-14-3-2-8(4-11(14)15)10-7-13-6-9(10)5-12;3-2(4,5)1(6)7/h2-4,9-10,13H,6-7H2,1H3;(H,6,7). The van der Waals surface area contributed by atoms with E-state index in [-0.39, 0.29) is 17.4 Å². The van der Waals surface area contributed by atoms with Crippen molar-refractivity contribution in [1.29, 1.82) is 5.26 Å². The molecule has 0 spiro atoms. The van der Waals surface area contributed by atoms with Crippen molar-refractivity contribution in [3.05, 3.63) is 34.2 Å². The van der Waals surface area contributed by atoms with Crippen molar-refractivity contribution in [2.45, 2.75) is 12.1 Å². The first-order chi connectivity index (χ1) is 10.2. The average Bonchev–Trinajstić information content (AvgIpc) is 2.90. The van der Waals surface area contributed by atoms with Gasteiger partial charge in [-0.1, -0.05) is 0 Å². The van der Waals surface area contributed by atoms with E-state index in [1.54, 1.807) is 19.3 Å². The zero-order valence-electron chi connectivity index (χ0n) is 11.6. The third kappa shape index (κ3) is 4.60. The van der Waals surface area contributed by atoms with E-state index in [4.69, 9.17) is 15.2 Å². The minimum absolute atomic E-state index is 0.0166. The van der Waals surface area contributed by atoms with Crippen molar-refractivity contribution in [2.24, 2.45) is 13.0 Å². The number of pyridine rings is 1. The van der Waals surface area contributed by atoms with Crippen molar-refractivity contribution in [3.63, 3.8) is 0 Å². The molecular weight excluding hydrogens is 303 g/mol. The van der Waals surface area contributed by atoms with Crippen molar-refractivity contribution < 1.29 is 23.1 Å². The van der Waals surface area contributed by atoms with Gasteiger partial charge in [0.1, 0.15) is 0 Å². The molecule has 2 unspecified atom stereocenters. The average molecular weight is 317 g/mol. The molecule has 0 aliphatic carbocycles. The Kier molecular flexibility index (Phi) is 5.70. The first-order valence-corrected chi connectivity index (χ1v) is 6.24. The maximum absolute atomic E-state index is 11.5. The van der Waals surface area contributed by atoms with E-state index in [1.165, 1.54) is 4.57 Å². The Balaban J connectivity index is 0.000000295. The lowest BCUT2D eigenvalue weighted by molar-refractivity contribution is -0.192. The largest absolute Gasteiger partial charge is 0.490 e. The predicted molar refractivity (Wildman–Crippen MR) is 70.1 cm³/mol. The van der Waals surface area contributed by atoms with Gasteiger partial charge in [0.15, 0.2) is 0 Å². The van der Waals surface area contributed by atoms with Crippen molar-refractivity contribution >= 4 is 5.97 Å². The topological polar surface area (TPSA) is 95.1 Å². The van der Waals surface area contributed by atoms with Crippen LogP contribution in [0.2, 0.25) is 0 Å². The fourth-order valence-corrected chi connectivity index (χ4v) is 1.96. The number of carboxylic acid groups (broad SMARTS) is 1. The normalized spacial score (nSPS) is 20.7. The maximum Gasteiger partial charge on any atom is 0.490 e. The van der Waals surface area contributed by atoms with Gasteiger partial charge in [0.25, 0.3) is 5.56 Å². The molecule has 1 aliphatic rings. The van der Waals surface area contributed by atoms with Crippen LogP contribution in [0.15, 0.2) is 23.1 Å². The highest BCUT2D eigenvalue weighted by atomic mass is 19.4. The summed E-state index contributed by atoms with van der Waals surface area (Å²) in [6, 6.07) is 5.82. The number of hydrogen-bond acceptors (Lipinski definition) is 4. The molecule has 0 amide bonds. The minimum Gasteiger partial charge on any atom is -0.475 e. The van der Waals surface area contributed by atoms with Crippen LogP contribution in [0.5, 0.6) is 0 Å². The molecule has 0 saturated carbocycles. The van der Waals surface area contributed by atoms with E-state index >= 15 is 0 Å². The highest BCUT2D eigenvalue weighted by molar-refractivity contribution is 5.73. The molecule has 2 N–H and O–H groups in total. The molecule has 1 saturated heterocycles. The lowest BCUT2D eigenvalue weighted by atomic mass is 9.91. The Morgan fingerprint density at radius 3 is 2.55 bits per heavy atom. The van der Waals surface area contributed by atoms with Gasteiger partial charge in [0, 0.05) is 38.3 Å². The zero-order valence-corrected chi connectivity index (χ0v) is 11.6. The molecule has 2 rings (SSSR count). The Morgan fingerprint density at radius 1 is 1.50 bits per heavy atom. The first kappa shape index (κ1) is 17.7. The number of carbonyl (C=O) groups is 1. The molecule has 1 fully saturated rings. The molecule has 1 aromatic rings. The number of aliphatic carboxylic acids is 1. The van der Waals surface area contributed by atoms with Crippen LogP contribution in [-0.4, -0.2) is 34.9 Å². The summed E-state index contributed by atoms with van der Waals surface area (Å²) in [4.78, 5) is 20.3. The minimum atomic E-state index is -5.08. The summed E-state index contributed by atoms with van der Waals surface area (Å²) in [5.74, 6) is -2.62. The zero-order chi connectivity index (χ0) is 16.9. The van der Waals surface area contributed by atoms with Crippen LogP contribution < -0.4 is 10.9 Å². The fraction of sp³-hybridized carbons (Fsp3) is 0.462. The Labute approximate surface area is 123 Å². The second-order valence-corrected chi connectivity index (χ2v) is 4.71. The highest BCUT2D eigenvalue weighted by Crippen LogP contribution is 2.26. The molecule has 0 bridgehead atoms. The van der Waals surface area contributed by atoms with Crippen molar-refractivity contribution in [3.8, 4) is 6.07 Å². The van der Waals surface area contributed by atoms with Gasteiger partial charge < -0.3 is 15.0 Å². The van der Waals surface area contributed by atoms with Gasteiger partial charge in [-0.2, -0.15) is 18.4 Å². The van der Waals surface area contributed by atoms with Crippen molar-refractivity contribution in [1.82, 2.24) is 9.88 Å². The molecular formula is C13H14F3N3O3. The lowest BCUT2D eigenvalue weighted by Crippen LogP contribution is -2.21. The number of halogens is 3. The van der Waals surface area contributed by atoms with Crippen LogP contribution >= 0.6 is 0 Å². The maximum atomic E-state index is 11.5.